The van der Waals surface area contributed by atoms with Crippen LogP contribution in [0.1, 0.15) is 17.0 Å². The molecular formula is C18H16IN5O2. The normalized spacial score (nSPS) is 11.0. The second-order valence-electron chi connectivity index (χ2n) is 5.67. The van der Waals surface area contributed by atoms with Crippen LogP contribution in [0.25, 0.3) is 5.69 Å². The number of aryl methyl sites for hydroxylation is 1. The lowest BCUT2D eigenvalue weighted by molar-refractivity contribution is -0.385. The number of benzene rings is 1. The third kappa shape index (κ3) is 3.90. The Morgan fingerprint density at radius 3 is 2.73 bits per heavy atom. The molecule has 0 unspecified atom stereocenters. The summed E-state index contributed by atoms with van der Waals surface area (Å²) < 4.78 is 3.35. The zero-order valence-electron chi connectivity index (χ0n) is 14.2. The van der Waals surface area contributed by atoms with Gasteiger partial charge in [0.2, 0.25) is 0 Å². The van der Waals surface area contributed by atoms with Crippen LogP contribution in [0.3, 0.4) is 0 Å². The number of nitro groups is 1. The van der Waals surface area contributed by atoms with E-state index < -0.39 is 4.92 Å². The van der Waals surface area contributed by atoms with Gasteiger partial charge in [-0.1, -0.05) is 6.07 Å². The lowest BCUT2D eigenvalue weighted by Crippen LogP contribution is -2.00. The molecule has 0 bridgehead atoms. The topological polar surface area (TPSA) is 85.3 Å². The third-order valence-electron chi connectivity index (χ3n) is 3.88. The highest BCUT2D eigenvalue weighted by molar-refractivity contribution is 14.1. The van der Waals surface area contributed by atoms with Gasteiger partial charge in [-0.25, -0.2) is 4.98 Å². The standard InChI is InChI=1S/C18H16IN5O2/c1-12-8-14(13(2)23(12)16-5-3-4-15(19)9-16)10-21-22-18-7-6-17(11-20-18)24(25)26/h3-11H,1-2H3,(H,20,22)/b21-10+. The molecule has 2 aromatic heterocycles. The van der Waals surface area contributed by atoms with Crippen molar-refractivity contribution in [2.24, 2.45) is 5.10 Å². The molecule has 0 atom stereocenters. The Kier molecular flexibility index (Phi) is 5.31. The first-order valence-corrected chi connectivity index (χ1v) is 8.88. The Labute approximate surface area is 164 Å². The SMILES string of the molecule is Cc1cc(/C=N/Nc2ccc([N+](=O)[O-])cn2)c(C)n1-c1cccc(I)c1. The second kappa shape index (κ2) is 7.65. The number of anilines is 1. The van der Waals surface area contributed by atoms with E-state index in [-0.39, 0.29) is 5.69 Å². The van der Waals surface area contributed by atoms with Gasteiger partial charge in [-0.3, -0.25) is 15.5 Å². The van der Waals surface area contributed by atoms with Gasteiger partial charge in [0.15, 0.2) is 0 Å². The van der Waals surface area contributed by atoms with Crippen LogP contribution in [0.2, 0.25) is 0 Å². The van der Waals surface area contributed by atoms with Gasteiger partial charge in [0.25, 0.3) is 5.69 Å². The summed E-state index contributed by atoms with van der Waals surface area (Å²) >= 11 is 2.30. The minimum Gasteiger partial charge on any atom is -0.318 e. The molecule has 3 aromatic rings. The highest BCUT2D eigenvalue weighted by atomic mass is 127. The molecule has 1 N–H and O–H groups in total. The molecule has 0 spiro atoms. The van der Waals surface area contributed by atoms with Gasteiger partial charge in [0.05, 0.1) is 11.1 Å². The molecule has 0 amide bonds. The zero-order chi connectivity index (χ0) is 18.7. The number of halogens is 1. The highest BCUT2D eigenvalue weighted by Crippen LogP contribution is 2.21. The largest absolute Gasteiger partial charge is 0.318 e. The molecule has 0 saturated heterocycles. The maximum Gasteiger partial charge on any atom is 0.287 e. The van der Waals surface area contributed by atoms with E-state index in [4.69, 9.17) is 0 Å². The molecule has 2 heterocycles. The predicted octanol–water partition coefficient (Wildman–Crippen LogP) is 4.45. The maximum atomic E-state index is 10.6. The fourth-order valence-corrected chi connectivity index (χ4v) is 3.19. The number of pyridine rings is 1. The lowest BCUT2D eigenvalue weighted by atomic mass is 10.2. The number of hydrazone groups is 1. The van der Waals surface area contributed by atoms with Crippen LogP contribution >= 0.6 is 22.6 Å². The van der Waals surface area contributed by atoms with Gasteiger partial charge < -0.3 is 4.57 Å². The number of hydrogen-bond donors (Lipinski definition) is 1. The van der Waals surface area contributed by atoms with Crippen molar-refractivity contribution in [2.75, 3.05) is 5.43 Å². The van der Waals surface area contributed by atoms with Crippen LogP contribution in [0.4, 0.5) is 11.5 Å². The molecule has 0 saturated carbocycles. The molecule has 0 fully saturated rings. The third-order valence-corrected chi connectivity index (χ3v) is 4.55. The molecular weight excluding hydrogens is 445 g/mol. The fourth-order valence-electron chi connectivity index (χ4n) is 2.66. The molecule has 0 radical (unpaired) electrons. The van der Waals surface area contributed by atoms with Crippen molar-refractivity contribution >= 4 is 40.3 Å². The van der Waals surface area contributed by atoms with Gasteiger partial charge in [0, 0.05) is 32.3 Å². The van der Waals surface area contributed by atoms with E-state index in [1.807, 2.05) is 13.0 Å². The van der Waals surface area contributed by atoms with Crippen LogP contribution in [-0.4, -0.2) is 20.7 Å². The molecule has 0 aliphatic rings. The van der Waals surface area contributed by atoms with Gasteiger partial charge in [-0.15, -0.1) is 0 Å². The van der Waals surface area contributed by atoms with Crippen molar-refractivity contribution in [3.05, 3.63) is 79.3 Å². The summed E-state index contributed by atoms with van der Waals surface area (Å²) in [5.74, 6) is 0.443. The Bertz CT molecular complexity index is 980. The summed E-state index contributed by atoms with van der Waals surface area (Å²) in [5, 5.41) is 14.8. The van der Waals surface area contributed by atoms with E-state index in [1.165, 1.54) is 21.9 Å². The van der Waals surface area contributed by atoms with Crippen molar-refractivity contribution in [1.82, 2.24) is 9.55 Å². The molecule has 26 heavy (non-hydrogen) atoms. The summed E-state index contributed by atoms with van der Waals surface area (Å²) in [6.07, 6.45) is 2.91. The van der Waals surface area contributed by atoms with E-state index in [0.29, 0.717) is 5.82 Å². The van der Waals surface area contributed by atoms with E-state index >= 15 is 0 Å². The fraction of sp³-hybridized carbons (Fsp3) is 0.111. The molecule has 0 aliphatic heterocycles. The molecule has 8 heteroatoms. The van der Waals surface area contributed by atoms with Crippen LogP contribution < -0.4 is 5.43 Å². The summed E-state index contributed by atoms with van der Waals surface area (Å²) in [5.41, 5.74) is 7.01. The predicted molar refractivity (Wildman–Crippen MR) is 110 cm³/mol. The minimum atomic E-state index is -0.486. The van der Waals surface area contributed by atoms with Gasteiger partial charge in [-0.2, -0.15) is 5.10 Å². The highest BCUT2D eigenvalue weighted by Gasteiger charge is 2.10. The number of nitrogens with zero attached hydrogens (tertiary/aromatic N) is 4. The van der Waals surface area contributed by atoms with E-state index in [0.717, 1.165) is 22.6 Å². The average Bonchev–Trinajstić information content (AvgIpc) is 2.89. The first-order valence-electron chi connectivity index (χ1n) is 7.80. The van der Waals surface area contributed by atoms with Gasteiger partial charge >= 0.3 is 0 Å². The molecule has 1 aromatic carbocycles. The van der Waals surface area contributed by atoms with Crippen LogP contribution in [0.15, 0.2) is 53.8 Å². The monoisotopic (exact) mass is 461 g/mol. The summed E-state index contributed by atoms with van der Waals surface area (Å²) in [7, 11) is 0. The quantitative estimate of drug-likeness (QED) is 0.263. The number of hydrogen-bond acceptors (Lipinski definition) is 5. The molecule has 3 rings (SSSR count). The summed E-state index contributed by atoms with van der Waals surface area (Å²) in [6, 6.07) is 13.2. The van der Waals surface area contributed by atoms with Crippen LogP contribution in [-0.2, 0) is 0 Å². The Hall–Kier alpha value is -2.75. The summed E-state index contributed by atoms with van der Waals surface area (Å²) in [4.78, 5) is 14.1. The molecule has 0 aliphatic carbocycles. The number of rotatable bonds is 5. The smallest absolute Gasteiger partial charge is 0.287 e. The van der Waals surface area contributed by atoms with Crippen molar-refractivity contribution in [3.8, 4) is 5.69 Å². The van der Waals surface area contributed by atoms with Gasteiger partial charge in [-0.05, 0) is 66.8 Å². The van der Waals surface area contributed by atoms with E-state index in [2.05, 4.69) is 73.9 Å². The summed E-state index contributed by atoms with van der Waals surface area (Å²) in [6.45, 7) is 4.09. The first kappa shape index (κ1) is 18.1. The Morgan fingerprint density at radius 2 is 2.08 bits per heavy atom. The molecule has 132 valence electrons. The van der Waals surface area contributed by atoms with E-state index in [9.17, 15) is 10.1 Å². The zero-order valence-corrected chi connectivity index (χ0v) is 16.3. The minimum absolute atomic E-state index is 0.0550. The van der Waals surface area contributed by atoms with Crippen molar-refractivity contribution in [3.63, 3.8) is 0 Å². The second-order valence-corrected chi connectivity index (χ2v) is 6.92. The van der Waals surface area contributed by atoms with E-state index in [1.54, 1.807) is 6.21 Å². The van der Waals surface area contributed by atoms with Crippen molar-refractivity contribution in [2.45, 2.75) is 13.8 Å². The van der Waals surface area contributed by atoms with Crippen molar-refractivity contribution in [1.29, 1.82) is 0 Å². The van der Waals surface area contributed by atoms with Crippen molar-refractivity contribution < 1.29 is 4.92 Å². The average molecular weight is 461 g/mol. The molecule has 7 nitrogen and oxygen atoms in total. The number of nitrogens with one attached hydrogen (secondary N) is 1. The van der Waals surface area contributed by atoms with Crippen LogP contribution in [0, 0.1) is 27.5 Å². The van der Waals surface area contributed by atoms with Crippen LogP contribution in [0.5, 0.6) is 0 Å². The Balaban J connectivity index is 1.79. The first-order chi connectivity index (χ1) is 12.5. The van der Waals surface area contributed by atoms with Gasteiger partial charge in [0.1, 0.15) is 12.0 Å². The Morgan fingerprint density at radius 1 is 1.27 bits per heavy atom. The number of aromatic nitrogens is 2. The maximum absolute atomic E-state index is 10.6. The lowest BCUT2D eigenvalue weighted by Gasteiger charge is -2.09.